The van der Waals surface area contributed by atoms with E-state index in [1.807, 2.05) is 12.1 Å². The molecule has 2 aromatic rings. The molecule has 1 heterocycles. The second-order valence-electron chi connectivity index (χ2n) is 2.71. The van der Waals surface area contributed by atoms with Crippen LogP contribution in [0.1, 0.15) is 10.4 Å². The van der Waals surface area contributed by atoms with Gasteiger partial charge in [-0.05, 0) is 12.1 Å². The fraction of sp³-hybridized carbons (Fsp3) is 0. The highest BCUT2D eigenvalue weighted by Crippen LogP contribution is 2.15. The summed E-state index contributed by atoms with van der Waals surface area (Å²) in [7, 11) is 0. The van der Waals surface area contributed by atoms with Crippen LogP contribution in [0.25, 0.3) is 10.9 Å². The van der Waals surface area contributed by atoms with Gasteiger partial charge < -0.3 is 0 Å². The lowest BCUT2D eigenvalue weighted by atomic mass is 10.1. The van der Waals surface area contributed by atoms with E-state index in [9.17, 15) is 4.79 Å². The van der Waals surface area contributed by atoms with Crippen molar-refractivity contribution in [2.45, 2.75) is 0 Å². The van der Waals surface area contributed by atoms with E-state index in [1.165, 1.54) is 0 Å². The second kappa shape index (κ2) is 2.86. The molecule has 1 N–H and O–H groups in total. The molecule has 1 amide bonds. The highest BCUT2D eigenvalue weighted by Gasteiger charge is 2.06. The second-order valence-corrected chi connectivity index (χ2v) is 2.71. The Morgan fingerprint density at radius 2 is 2.00 bits per heavy atom. The summed E-state index contributed by atoms with van der Waals surface area (Å²) in [5, 5.41) is 0.889. The summed E-state index contributed by atoms with van der Waals surface area (Å²) < 4.78 is 0. The number of para-hydroxylation sites is 1. The molecule has 0 atom stereocenters. The summed E-state index contributed by atoms with van der Waals surface area (Å²) in [6.45, 7) is 0. The van der Waals surface area contributed by atoms with Crippen molar-refractivity contribution in [3.63, 3.8) is 0 Å². The molecule has 1 aromatic carbocycles. The maximum atomic E-state index is 10.9. The molecule has 0 aliphatic carbocycles. The molecular formula is C10H7N2O. The van der Waals surface area contributed by atoms with Crippen LogP contribution in [0, 0.1) is 0 Å². The summed E-state index contributed by atoms with van der Waals surface area (Å²) in [6.07, 6.45) is 1.62. The number of nitrogens with zero attached hydrogens (tertiary/aromatic N) is 1. The normalized spacial score (nSPS) is 10.2. The van der Waals surface area contributed by atoms with Gasteiger partial charge in [0.15, 0.2) is 0 Å². The lowest BCUT2D eigenvalue weighted by Gasteiger charge is -1.99. The van der Waals surface area contributed by atoms with Crippen LogP contribution in [-0.4, -0.2) is 10.9 Å². The molecule has 0 saturated carbocycles. The van der Waals surface area contributed by atoms with Crippen molar-refractivity contribution in [1.29, 1.82) is 0 Å². The molecular weight excluding hydrogens is 164 g/mol. The molecule has 0 aliphatic heterocycles. The molecule has 0 unspecified atom stereocenters. The molecule has 1 radical (unpaired) electrons. The van der Waals surface area contributed by atoms with Gasteiger partial charge in [0.2, 0.25) is 0 Å². The fourth-order valence-corrected chi connectivity index (χ4v) is 1.29. The van der Waals surface area contributed by atoms with Crippen molar-refractivity contribution in [3.8, 4) is 0 Å². The van der Waals surface area contributed by atoms with E-state index in [-0.39, 0.29) is 0 Å². The molecule has 3 heteroatoms. The summed E-state index contributed by atoms with van der Waals surface area (Å²) in [5.74, 6) is -0.690. The molecule has 13 heavy (non-hydrogen) atoms. The first-order valence-electron chi connectivity index (χ1n) is 3.89. The number of carbonyl (C=O) groups excluding carboxylic acids is 1. The number of nitrogens with one attached hydrogen (secondary N) is 1. The van der Waals surface area contributed by atoms with Crippen LogP contribution >= 0.6 is 0 Å². The summed E-state index contributed by atoms with van der Waals surface area (Å²) in [4.78, 5) is 14.9. The molecule has 0 saturated heterocycles. The third-order valence-electron chi connectivity index (χ3n) is 1.88. The number of pyridine rings is 1. The zero-order valence-corrected chi connectivity index (χ0v) is 6.82. The van der Waals surface area contributed by atoms with E-state index in [1.54, 1.807) is 24.4 Å². The Bertz CT molecular complexity index is 460. The van der Waals surface area contributed by atoms with Crippen molar-refractivity contribution >= 4 is 16.8 Å². The standard InChI is InChI=1S/C10H7N2O/c11-10(13)8-5-1-3-7-4-2-6-12-9(7)8/h1-6,11H. The van der Waals surface area contributed by atoms with Gasteiger partial charge >= 0.3 is 0 Å². The molecule has 63 valence electrons. The maximum Gasteiger partial charge on any atom is 0.271 e. The van der Waals surface area contributed by atoms with Gasteiger partial charge in [-0.2, -0.15) is 0 Å². The lowest BCUT2D eigenvalue weighted by molar-refractivity contribution is 0.0993. The monoisotopic (exact) mass is 171 g/mol. The molecule has 3 nitrogen and oxygen atoms in total. The number of rotatable bonds is 1. The minimum Gasteiger partial charge on any atom is -0.267 e. The molecule has 0 spiro atoms. The molecule has 2 rings (SSSR count). The number of aromatic nitrogens is 1. The van der Waals surface area contributed by atoms with Crippen LogP contribution in [0.15, 0.2) is 36.5 Å². The number of benzene rings is 1. The molecule has 0 bridgehead atoms. The number of fused-ring (bicyclic) bond motifs is 1. The SMILES string of the molecule is [NH]C(=O)c1cccc2cccnc12. The predicted molar refractivity (Wildman–Crippen MR) is 49.2 cm³/mol. The van der Waals surface area contributed by atoms with Crippen molar-refractivity contribution in [2.75, 3.05) is 0 Å². The van der Waals surface area contributed by atoms with E-state index in [4.69, 9.17) is 5.73 Å². The quantitative estimate of drug-likeness (QED) is 0.655. The van der Waals surface area contributed by atoms with Crippen molar-refractivity contribution < 1.29 is 4.79 Å². The van der Waals surface area contributed by atoms with Crippen LogP contribution < -0.4 is 5.73 Å². The van der Waals surface area contributed by atoms with E-state index >= 15 is 0 Å². The first-order valence-corrected chi connectivity index (χ1v) is 3.89. The first kappa shape index (κ1) is 7.73. The van der Waals surface area contributed by atoms with Gasteiger partial charge in [-0.1, -0.05) is 18.2 Å². The number of hydrogen-bond acceptors (Lipinski definition) is 2. The van der Waals surface area contributed by atoms with Gasteiger partial charge in [-0.3, -0.25) is 15.5 Å². The Hall–Kier alpha value is -1.90. The average Bonchev–Trinajstić information content (AvgIpc) is 2.17. The van der Waals surface area contributed by atoms with Crippen molar-refractivity contribution in [1.82, 2.24) is 10.7 Å². The van der Waals surface area contributed by atoms with Gasteiger partial charge in [0.1, 0.15) is 0 Å². The highest BCUT2D eigenvalue weighted by atomic mass is 16.1. The Morgan fingerprint density at radius 3 is 2.77 bits per heavy atom. The first-order chi connectivity index (χ1) is 6.29. The maximum absolute atomic E-state index is 10.9. The molecule has 0 fully saturated rings. The minimum atomic E-state index is -0.690. The average molecular weight is 171 g/mol. The van der Waals surface area contributed by atoms with Gasteiger partial charge in [0.05, 0.1) is 11.1 Å². The summed E-state index contributed by atoms with van der Waals surface area (Å²) in [6, 6.07) is 8.92. The van der Waals surface area contributed by atoms with Gasteiger partial charge in [0, 0.05) is 11.6 Å². The van der Waals surface area contributed by atoms with Crippen LogP contribution in [0.2, 0.25) is 0 Å². The van der Waals surface area contributed by atoms with Gasteiger partial charge in [0.25, 0.3) is 5.91 Å². The Kier molecular flexibility index (Phi) is 1.70. The summed E-state index contributed by atoms with van der Waals surface area (Å²) in [5.41, 5.74) is 7.98. The number of amides is 1. The topological polar surface area (TPSA) is 53.8 Å². The van der Waals surface area contributed by atoms with E-state index < -0.39 is 5.91 Å². The van der Waals surface area contributed by atoms with Crippen LogP contribution in [-0.2, 0) is 0 Å². The Labute approximate surface area is 75.2 Å². The Balaban J connectivity index is 2.83. The lowest BCUT2D eigenvalue weighted by Crippen LogP contribution is -2.00. The zero-order chi connectivity index (χ0) is 9.26. The van der Waals surface area contributed by atoms with Crippen LogP contribution in [0.5, 0.6) is 0 Å². The largest absolute Gasteiger partial charge is 0.271 e. The summed E-state index contributed by atoms with van der Waals surface area (Å²) >= 11 is 0. The Morgan fingerprint density at radius 1 is 1.23 bits per heavy atom. The smallest absolute Gasteiger partial charge is 0.267 e. The van der Waals surface area contributed by atoms with Gasteiger partial charge in [-0.25, -0.2) is 0 Å². The third kappa shape index (κ3) is 1.24. The number of hydrogen-bond donors (Lipinski definition) is 0. The third-order valence-corrected chi connectivity index (χ3v) is 1.88. The molecule has 0 aliphatic rings. The van der Waals surface area contributed by atoms with Crippen LogP contribution in [0.4, 0.5) is 0 Å². The van der Waals surface area contributed by atoms with Gasteiger partial charge in [-0.15, -0.1) is 0 Å². The highest BCUT2D eigenvalue weighted by molar-refractivity contribution is 6.04. The fourth-order valence-electron chi connectivity index (χ4n) is 1.29. The van der Waals surface area contributed by atoms with Crippen molar-refractivity contribution in [3.05, 3.63) is 42.1 Å². The van der Waals surface area contributed by atoms with E-state index in [0.717, 1.165) is 5.39 Å². The van der Waals surface area contributed by atoms with Crippen LogP contribution in [0.3, 0.4) is 0 Å². The van der Waals surface area contributed by atoms with E-state index in [2.05, 4.69) is 4.98 Å². The minimum absolute atomic E-state index is 0.359. The predicted octanol–water partition coefficient (Wildman–Crippen LogP) is 1.66. The number of carbonyl (C=O) groups is 1. The van der Waals surface area contributed by atoms with Crippen molar-refractivity contribution in [2.24, 2.45) is 0 Å². The van der Waals surface area contributed by atoms with E-state index in [0.29, 0.717) is 11.1 Å². The molecule has 1 aromatic heterocycles. The zero-order valence-electron chi connectivity index (χ0n) is 6.82.